The Morgan fingerprint density at radius 3 is 2.23 bits per heavy atom. The number of Topliss-reactive ketones (excluding diaryl/α,β-unsaturated/α-hetero) is 1. The Bertz CT molecular complexity index is 1400. The number of benzene rings is 3. The largest absolute Gasteiger partial charge is 0.507 e. The zero-order valence-corrected chi connectivity index (χ0v) is 20.7. The second-order valence-corrected chi connectivity index (χ2v) is 10.4. The van der Waals surface area contributed by atoms with Gasteiger partial charge in [-0.3, -0.25) is 9.36 Å². The van der Waals surface area contributed by atoms with Gasteiger partial charge in [-0.05, 0) is 56.3 Å². The number of para-hydroxylation sites is 3. The number of esters is 1. The van der Waals surface area contributed by atoms with E-state index in [0.29, 0.717) is 11.4 Å². The molecule has 0 radical (unpaired) electrons. The first-order valence-electron chi connectivity index (χ1n) is 11.6. The summed E-state index contributed by atoms with van der Waals surface area (Å²) in [6, 6.07) is 22.2. The SMILES string of the molecule is CC(C)(C)C(=O)C(C)(C)COC(=O)c1ccc(-c2nc3ccccc3n2-c2ccccc2)c(O)c1. The molecule has 0 aliphatic rings. The fourth-order valence-corrected chi connectivity index (χ4v) is 4.30. The molecule has 35 heavy (non-hydrogen) atoms. The molecule has 4 aromatic rings. The molecule has 0 saturated heterocycles. The minimum absolute atomic E-state index is 0.0100. The molecule has 1 N–H and O–H groups in total. The molecule has 0 aliphatic heterocycles. The van der Waals surface area contributed by atoms with Crippen molar-refractivity contribution in [1.29, 1.82) is 0 Å². The topological polar surface area (TPSA) is 81.4 Å². The highest BCUT2D eigenvalue weighted by atomic mass is 16.5. The average Bonchev–Trinajstić information content (AvgIpc) is 3.21. The maximum Gasteiger partial charge on any atom is 0.338 e. The highest BCUT2D eigenvalue weighted by Crippen LogP contribution is 2.35. The average molecular weight is 471 g/mol. The third-order valence-electron chi connectivity index (χ3n) is 5.91. The number of aromatic hydroxyl groups is 1. The van der Waals surface area contributed by atoms with E-state index < -0.39 is 16.8 Å². The van der Waals surface area contributed by atoms with Crippen molar-refractivity contribution in [3.63, 3.8) is 0 Å². The summed E-state index contributed by atoms with van der Waals surface area (Å²) in [4.78, 5) is 30.2. The smallest absolute Gasteiger partial charge is 0.338 e. The monoisotopic (exact) mass is 470 g/mol. The van der Waals surface area contributed by atoms with Gasteiger partial charge in [0.2, 0.25) is 0 Å². The zero-order valence-electron chi connectivity index (χ0n) is 20.7. The van der Waals surface area contributed by atoms with Crippen LogP contribution in [-0.2, 0) is 9.53 Å². The van der Waals surface area contributed by atoms with Crippen molar-refractivity contribution in [2.45, 2.75) is 34.6 Å². The molecule has 1 heterocycles. The van der Waals surface area contributed by atoms with Crippen LogP contribution in [0.4, 0.5) is 0 Å². The van der Waals surface area contributed by atoms with Crippen molar-refractivity contribution in [3.8, 4) is 22.8 Å². The molecule has 180 valence electrons. The lowest BCUT2D eigenvalue weighted by molar-refractivity contribution is -0.137. The summed E-state index contributed by atoms with van der Waals surface area (Å²) in [6.07, 6.45) is 0. The molecular weight excluding hydrogens is 440 g/mol. The molecule has 0 saturated carbocycles. The van der Waals surface area contributed by atoms with Gasteiger partial charge in [-0.1, -0.05) is 51.1 Å². The Balaban J connectivity index is 1.65. The van der Waals surface area contributed by atoms with E-state index in [-0.39, 0.29) is 23.7 Å². The van der Waals surface area contributed by atoms with Crippen LogP contribution >= 0.6 is 0 Å². The first-order chi connectivity index (χ1) is 16.5. The Morgan fingerprint density at radius 1 is 0.914 bits per heavy atom. The van der Waals surface area contributed by atoms with Crippen LogP contribution in [-0.4, -0.2) is 33.0 Å². The Hall–Kier alpha value is -3.93. The number of rotatable bonds is 6. The molecule has 0 spiro atoms. The maximum absolute atomic E-state index is 12.7. The van der Waals surface area contributed by atoms with Gasteiger partial charge in [-0.25, -0.2) is 9.78 Å². The second-order valence-electron chi connectivity index (χ2n) is 10.4. The number of imidazole rings is 1. The lowest BCUT2D eigenvalue weighted by atomic mass is 9.75. The Labute approximate surface area is 205 Å². The normalized spacial score (nSPS) is 12.0. The van der Waals surface area contributed by atoms with Gasteiger partial charge in [0, 0.05) is 11.1 Å². The third-order valence-corrected chi connectivity index (χ3v) is 5.91. The fourth-order valence-electron chi connectivity index (χ4n) is 4.30. The number of hydrogen-bond donors (Lipinski definition) is 1. The summed E-state index contributed by atoms with van der Waals surface area (Å²) in [5.41, 5.74) is 1.93. The maximum atomic E-state index is 12.7. The number of aromatic nitrogens is 2. The van der Waals surface area contributed by atoms with Crippen LogP contribution in [0, 0.1) is 10.8 Å². The summed E-state index contributed by atoms with van der Waals surface area (Å²) >= 11 is 0. The molecule has 0 aliphatic carbocycles. The van der Waals surface area contributed by atoms with Crippen LogP contribution in [0.25, 0.3) is 28.1 Å². The lowest BCUT2D eigenvalue weighted by Gasteiger charge is -2.30. The number of fused-ring (bicyclic) bond motifs is 1. The van der Waals surface area contributed by atoms with Crippen LogP contribution in [0.3, 0.4) is 0 Å². The van der Waals surface area contributed by atoms with E-state index in [1.165, 1.54) is 6.07 Å². The molecule has 3 aromatic carbocycles. The summed E-state index contributed by atoms with van der Waals surface area (Å²) < 4.78 is 7.43. The van der Waals surface area contributed by atoms with Gasteiger partial charge in [-0.2, -0.15) is 0 Å². The van der Waals surface area contributed by atoms with Gasteiger partial charge in [0.1, 0.15) is 24.0 Å². The lowest BCUT2D eigenvalue weighted by Crippen LogP contribution is -2.38. The van der Waals surface area contributed by atoms with E-state index in [1.54, 1.807) is 26.0 Å². The number of phenols is 1. The van der Waals surface area contributed by atoms with E-state index in [1.807, 2.05) is 79.9 Å². The molecule has 1 aromatic heterocycles. The molecule has 6 nitrogen and oxygen atoms in total. The number of hydrogen-bond acceptors (Lipinski definition) is 5. The van der Waals surface area contributed by atoms with Crippen molar-refractivity contribution >= 4 is 22.8 Å². The number of phenolic OH excluding ortho intramolecular Hbond substituents is 1. The van der Waals surface area contributed by atoms with Crippen LogP contribution in [0.15, 0.2) is 72.8 Å². The summed E-state index contributed by atoms with van der Waals surface area (Å²) in [5, 5.41) is 10.9. The van der Waals surface area contributed by atoms with Crippen molar-refractivity contribution in [2.75, 3.05) is 6.61 Å². The highest BCUT2D eigenvalue weighted by Gasteiger charge is 2.37. The van der Waals surface area contributed by atoms with Gasteiger partial charge >= 0.3 is 5.97 Å². The Morgan fingerprint density at radius 2 is 1.57 bits per heavy atom. The molecular formula is C29H30N2O4. The van der Waals surface area contributed by atoms with Crippen LogP contribution in [0.2, 0.25) is 0 Å². The van der Waals surface area contributed by atoms with E-state index in [9.17, 15) is 14.7 Å². The third kappa shape index (κ3) is 4.83. The van der Waals surface area contributed by atoms with Gasteiger partial charge in [0.15, 0.2) is 0 Å². The number of ether oxygens (including phenoxy) is 1. The van der Waals surface area contributed by atoms with E-state index in [4.69, 9.17) is 9.72 Å². The zero-order chi connectivity index (χ0) is 25.4. The van der Waals surface area contributed by atoms with Crippen LogP contribution in [0.1, 0.15) is 45.0 Å². The van der Waals surface area contributed by atoms with Crippen molar-refractivity contribution in [2.24, 2.45) is 10.8 Å². The molecule has 0 amide bonds. The van der Waals surface area contributed by atoms with Crippen molar-refractivity contribution in [1.82, 2.24) is 9.55 Å². The first-order valence-corrected chi connectivity index (χ1v) is 11.6. The summed E-state index contributed by atoms with van der Waals surface area (Å²) in [6.45, 7) is 9.02. The van der Waals surface area contributed by atoms with Gasteiger partial charge in [-0.15, -0.1) is 0 Å². The van der Waals surface area contributed by atoms with Gasteiger partial charge in [0.05, 0.1) is 27.6 Å². The number of ketones is 1. The molecule has 4 rings (SSSR count). The summed E-state index contributed by atoms with van der Waals surface area (Å²) in [5.74, 6) is -0.113. The minimum Gasteiger partial charge on any atom is -0.507 e. The van der Waals surface area contributed by atoms with Gasteiger partial charge in [0.25, 0.3) is 0 Å². The Kier molecular flexibility index (Phi) is 6.24. The molecule has 0 bridgehead atoms. The van der Waals surface area contributed by atoms with Crippen LogP contribution in [0.5, 0.6) is 5.75 Å². The number of nitrogens with zero attached hydrogens (tertiary/aromatic N) is 2. The van der Waals surface area contributed by atoms with E-state index >= 15 is 0 Å². The van der Waals surface area contributed by atoms with Crippen LogP contribution < -0.4 is 0 Å². The van der Waals surface area contributed by atoms with Gasteiger partial charge < -0.3 is 9.84 Å². The summed E-state index contributed by atoms with van der Waals surface area (Å²) in [7, 11) is 0. The highest BCUT2D eigenvalue weighted by molar-refractivity contribution is 5.93. The standard InChI is InChI=1S/C29H30N2O4/c1-28(2,3)27(34)29(4,5)18-35-26(33)19-15-16-21(24(32)17-19)25-30-22-13-9-10-14-23(22)31(25)20-11-7-6-8-12-20/h6-17,32H,18H2,1-5H3. The minimum atomic E-state index is -0.823. The quantitative estimate of drug-likeness (QED) is 0.340. The molecule has 0 unspecified atom stereocenters. The molecule has 6 heteroatoms. The second kappa shape index (κ2) is 9.02. The molecule has 0 atom stereocenters. The van der Waals surface area contributed by atoms with E-state index in [2.05, 4.69) is 0 Å². The number of carbonyl (C=O) groups excluding carboxylic acids is 2. The fraction of sp³-hybridized carbons (Fsp3) is 0.276. The first kappa shape index (κ1) is 24.2. The predicted molar refractivity (Wildman–Crippen MR) is 137 cm³/mol. The number of carbonyl (C=O) groups is 2. The van der Waals surface area contributed by atoms with Crippen molar-refractivity contribution < 1.29 is 19.4 Å². The molecule has 0 fully saturated rings. The van der Waals surface area contributed by atoms with Crippen molar-refractivity contribution in [3.05, 3.63) is 78.4 Å². The predicted octanol–water partition coefficient (Wildman–Crippen LogP) is 6.20. The van der Waals surface area contributed by atoms with E-state index in [0.717, 1.165) is 16.7 Å².